The average Bonchev–Trinajstić information content (AvgIpc) is 2.59. The second kappa shape index (κ2) is 3.64. The highest BCUT2D eigenvalue weighted by Gasteiger charge is 2.10. The number of fused-ring (bicyclic) bond motifs is 1. The van der Waals surface area contributed by atoms with Crippen molar-refractivity contribution in [3.05, 3.63) is 28.6 Å². The molecule has 74 valence electrons. The Morgan fingerprint density at radius 1 is 1.64 bits per heavy atom. The molecule has 0 amide bonds. The Kier molecular flexibility index (Phi) is 2.49. The van der Waals surface area contributed by atoms with Crippen molar-refractivity contribution < 1.29 is 5.11 Å². The molecule has 14 heavy (non-hydrogen) atoms. The molecule has 0 spiro atoms. The van der Waals surface area contributed by atoms with Crippen molar-refractivity contribution in [3.63, 3.8) is 0 Å². The van der Waals surface area contributed by atoms with Crippen molar-refractivity contribution >= 4 is 21.6 Å². The van der Waals surface area contributed by atoms with Gasteiger partial charge in [0.25, 0.3) is 0 Å². The third-order valence-electron chi connectivity index (χ3n) is 1.84. The number of rotatable bonds is 2. The zero-order valence-corrected chi connectivity index (χ0v) is 8.85. The molecule has 6 heteroatoms. The van der Waals surface area contributed by atoms with Crippen LogP contribution in [-0.4, -0.2) is 26.3 Å². The van der Waals surface area contributed by atoms with E-state index in [9.17, 15) is 0 Å². The van der Waals surface area contributed by atoms with E-state index in [0.717, 1.165) is 4.47 Å². The van der Waals surface area contributed by atoms with Crippen LogP contribution < -0.4 is 5.73 Å². The summed E-state index contributed by atoms with van der Waals surface area (Å²) < 4.78 is 2.55. The summed E-state index contributed by atoms with van der Waals surface area (Å²) in [4.78, 5) is 4.18. The first-order valence-electron chi connectivity index (χ1n) is 4.09. The summed E-state index contributed by atoms with van der Waals surface area (Å²) >= 11 is 3.33. The van der Waals surface area contributed by atoms with E-state index in [0.29, 0.717) is 11.5 Å². The van der Waals surface area contributed by atoms with Crippen LogP contribution in [0.5, 0.6) is 0 Å². The van der Waals surface area contributed by atoms with Gasteiger partial charge in [-0.05, 0) is 12.1 Å². The minimum Gasteiger partial charge on any atom is -0.394 e. The summed E-state index contributed by atoms with van der Waals surface area (Å²) in [6, 6.07) is 3.17. The van der Waals surface area contributed by atoms with E-state index >= 15 is 0 Å². The molecule has 0 bridgehead atoms. The molecule has 0 aliphatic heterocycles. The zero-order valence-electron chi connectivity index (χ0n) is 7.26. The van der Waals surface area contributed by atoms with Crippen LogP contribution in [0, 0.1) is 0 Å². The molecule has 2 aromatic rings. The van der Waals surface area contributed by atoms with Crippen LogP contribution in [0.4, 0.5) is 0 Å². The van der Waals surface area contributed by atoms with Crippen LogP contribution in [-0.2, 0) is 0 Å². The lowest BCUT2D eigenvalue weighted by Crippen LogP contribution is -2.16. The van der Waals surface area contributed by atoms with E-state index in [2.05, 4.69) is 26.0 Å². The molecule has 2 aromatic heterocycles. The van der Waals surface area contributed by atoms with Gasteiger partial charge in [0.15, 0.2) is 11.5 Å². The Labute approximate surface area is 88.7 Å². The Hall–Kier alpha value is -0.980. The highest BCUT2D eigenvalue weighted by atomic mass is 79.9. The smallest absolute Gasteiger partial charge is 0.170 e. The van der Waals surface area contributed by atoms with E-state index in [4.69, 9.17) is 10.8 Å². The van der Waals surface area contributed by atoms with E-state index in [1.54, 1.807) is 10.7 Å². The van der Waals surface area contributed by atoms with Gasteiger partial charge >= 0.3 is 0 Å². The number of aromatic nitrogens is 3. The SMILES string of the molecule is NC(CO)c1nc2cc(Br)ccn2n1. The lowest BCUT2D eigenvalue weighted by Gasteiger charge is -1.99. The van der Waals surface area contributed by atoms with Gasteiger partial charge in [-0.25, -0.2) is 9.50 Å². The van der Waals surface area contributed by atoms with Crippen LogP contribution in [0.25, 0.3) is 5.65 Å². The highest BCUT2D eigenvalue weighted by Crippen LogP contribution is 2.13. The maximum Gasteiger partial charge on any atom is 0.170 e. The van der Waals surface area contributed by atoms with Crippen molar-refractivity contribution in [2.75, 3.05) is 6.61 Å². The average molecular weight is 257 g/mol. The van der Waals surface area contributed by atoms with Gasteiger partial charge in [-0.2, -0.15) is 0 Å². The maximum absolute atomic E-state index is 8.84. The fraction of sp³-hybridized carbons (Fsp3) is 0.250. The number of pyridine rings is 1. The van der Waals surface area contributed by atoms with Crippen molar-refractivity contribution in [2.45, 2.75) is 6.04 Å². The van der Waals surface area contributed by atoms with Gasteiger partial charge in [-0.1, -0.05) is 15.9 Å². The van der Waals surface area contributed by atoms with Gasteiger partial charge in [0, 0.05) is 10.7 Å². The standard InChI is InChI=1S/C8H9BrN4O/c9-5-1-2-13-7(3-5)11-8(12-13)6(10)4-14/h1-3,6,14H,4,10H2. The first-order valence-corrected chi connectivity index (χ1v) is 4.88. The Balaban J connectivity index is 2.51. The molecule has 1 unspecified atom stereocenters. The molecule has 0 radical (unpaired) electrons. The van der Waals surface area contributed by atoms with Crippen LogP contribution >= 0.6 is 15.9 Å². The second-order valence-corrected chi connectivity index (χ2v) is 3.82. The number of halogens is 1. The molecule has 2 heterocycles. The number of hydrogen-bond donors (Lipinski definition) is 2. The molecular formula is C8H9BrN4O. The van der Waals surface area contributed by atoms with Gasteiger partial charge in [-0.3, -0.25) is 0 Å². The molecule has 5 nitrogen and oxygen atoms in total. The summed E-state index contributed by atoms with van der Waals surface area (Å²) in [6.45, 7) is -0.155. The molecule has 0 fully saturated rings. The summed E-state index contributed by atoms with van der Waals surface area (Å²) in [7, 11) is 0. The normalized spacial score (nSPS) is 13.4. The van der Waals surface area contributed by atoms with E-state index in [1.165, 1.54) is 0 Å². The Bertz CT molecular complexity index is 456. The van der Waals surface area contributed by atoms with Gasteiger partial charge < -0.3 is 10.8 Å². The predicted molar refractivity (Wildman–Crippen MR) is 54.7 cm³/mol. The van der Waals surface area contributed by atoms with Gasteiger partial charge in [0.2, 0.25) is 0 Å². The quantitative estimate of drug-likeness (QED) is 0.820. The molecule has 3 N–H and O–H groups in total. The highest BCUT2D eigenvalue weighted by molar-refractivity contribution is 9.10. The third-order valence-corrected chi connectivity index (χ3v) is 2.34. The fourth-order valence-electron chi connectivity index (χ4n) is 1.11. The van der Waals surface area contributed by atoms with Crippen molar-refractivity contribution in [2.24, 2.45) is 5.73 Å². The minimum atomic E-state index is -0.520. The van der Waals surface area contributed by atoms with Crippen molar-refractivity contribution in [1.29, 1.82) is 0 Å². The number of nitrogens with two attached hydrogens (primary N) is 1. The van der Waals surface area contributed by atoms with Gasteiger partial charge in [-0.15, -0.1) is 5.10 Å². The lowest BCUT2D eigenvalue weighted by atomic mass is 10.3. The molecule has 0 aromatic carbocycles. The molecule has 0 saturated heterocycles. The largest absolute Gasteiger partial charge is 0.394 e. The van der Waals surface area contributed by atoms with Crippen LogP contribution in [0.2, 0.25) is 0 Å². The van der Waals surface area contributed by atoms with Crippen molar-refractivity contribution in [1.82, 2.24) is 14.6 Å². The van der Waals surface area contributed by atoms with Crippen LogP contribution in [0.15, 0.2) is 22.8 Å². The summed E-state index contributed by atoms with van der Waals surface area (Å²) in [5.41, 5.74) is 6.30. The molecule has 0 saturated carbocycles. The zero-order chi connectivity index (χ0) is 10.1. The molecule has 2 rings (SSSR count). The molecule has 0 aliphatic carbocycles. The summed E-state index contributed by atoms with van der Waals surface area (Å²) in [5.74, 6) is 0.450. The van der Waals surface area contributed by atoms with Crippen LogP contribution in [0.3, 0.4) is 0 Å². The monoisotopic (exact) mass is 256 g/mol. The summed E-state index contributed by atoms with van der Waals surface area (Å²) in [6.07, 6.45) is 1.78. The van der Waals surface area contributed by atoms with Crippen LogP contribution in [0.1, 0.15) is 11.9 Å². The van der Waals surface area contributed by atoms with Crippen molar-refractivity contribution in [3.8, 4) is 0 Å². The van der Waals surface area contributed by atoms with E-state index in [-0.39, 0.29) is 6.61 Å². The van der Waals surface area contributed by atoms with Gasteiger partial charge in [0.1, 0.15) is 0 Å². The fourth-order valence-corrected chi connectivity index (χ4v) is 1.44. The molecule has 1 atom stereocenters. The lowest BCUT2D eigenvalue weighted by molar-refractivity contribution is 0.263. The number of hydrogen-bond acceptors (Lipinski definition) is 4. The predicted octanol–water partition coefficient (Wildman–Crippen LogP) is 0.484. The molecular weight excluding hydrogens is 248 g/mol. The second-order valence-electron chi connectivity index (χ2n) is 2.91. The van der Waals surface area contributed by atoms with E-state index in [1.807, 2.05) is 12.1 Å². The molecule has 0 aliphatic rings. The maximum atomic E-state index is 8.84. The summed E-state index contributed by atoms with van der Waals surface area (Å²) in [5, 5.41) is 13.0. The minimum absolute atomic E-state index is 0.155. The number of aliphatic hydroxyl groups excluding tert-OH is 1. The Morgan fingerprint density at radius 3 is 3.14 bits per heavy atom. The number of aliphatic hydroxyl groups is 1. The van der Waals surface area contributed by atoms with E-state index < -0.39 is 6.04 Å². The number of nitrogens with zero attached hydrogens (tertiary/aromatic N) is 3. The first kappa shape index (κ1) is 9.57. The first-order chi connectivity index (χ1) is 6.70. The Morgan fingerprint density at radius 2 is 2.43 bits per heavy atom. The third kappa shape index (κ3) is 1.63. The topological polar surface area (TPSA) is 76.4 Å². The van der Waals surface area contributed by atoms with Gasteiger partial charge in [0.05, 0.1) is 12.6 Å².